The summed E-state index contributed by atoms with van der Waals surface area (Å²) >= 11 is 1.65. The molecule has 1 aromatic heterocycles. The molecule has 3 heterocycles. The predicted molar refractivity (Wildman–Crippen MR) is 81.2 cm³/mol. The number of thiophene rings is 1. The van der Waals surface area contributed by atoms with E-state index >= 15 is 0 Å². The van der Waals surface area contributed by atoms with E-state index in [-0.39, 0.29) is 18.1 Å². The van der Waals surface area contributed by atoms with Crippen molar-refractivity contribution in [3.05, 3.63) is 22.4 Å². The number of amides is 1. The maximum atomic E-state index is 12.8. The number of carbonyl (C=O) groups is 1. The number of carbonyl (C=O) groups excluding carboxylic acids is 1. The zero-order valence-corrected chi connectivity index (χ0v) is 13.1. The van der Waals surface area contributed by atoms with Crippen molar-refractivity contribution in [2.75, 3.05) is 26.3 Å². The first-order valence-corrected chi connectivity index (χ1v) is 8.36. The van der Waals surface area contributed by atoms with Crippen LogP contribution < -0.4 is 5.73 Å². The fourth-order valence-electron chi connectivity index (χ4n) is 3.02. The Balaban J connectivity index is 1.73. The van der Waals surface area contributed by atoms with Crippen molar-refractivity contribution in [2.45, 2.75) is 37.5 Å². The molecule has 3 rings (SSSR count). The Hall–Kier alpha value is -0.950. The van der Waals surface area contributed by atoms with Crippen LogP contribution in [-0.2, 0) is 14.3 Å². The highest BCUT2D eigenvalue weighted by molar-refractivity contribution is 7.07. The van der Waals surface area contributed by atoms with Crippen molar-refractivity contribution in [3.63, 3.8) is 0 Å². The number of rotatable bonds is 2. The molecule has 2 unspecified atom stereocenters. The Labute approximate surface area is 129 Å². The van der Waals surface area contributed by atoms with Crippen LogP contribution in [0.1, 0.15) is 31.4 Å². The SMILES string of the molecule is CC1CN(C(=O)C2(N)CCOCC2)CC(c2ccsc2)O1. The van der Waals surface area contributed by atoms with E-state index in [1.807, 2.05) is 17.2 Å². The van der Waals surface area contributed by atoms with Crippen molar-refractivity contribution in [1.82, 2.24) is 4.90 Å². The maximum Gasteiger partial charge on any atom is 0.243 e. The quantitative estimate of drug-likeness (QED) is 0.900. The van der Waals surface area contributed by atoms with E-state index in [1.165, 1.54) is 0 Å². The molecule has 1 amide bonds. The summed E-state index contributed by atoms with van der Waals surface area (Å²) in [5, 5.41) is 4.12. The van der Waals surface area contributed by atoms with E-state index in [0.717, 1.165) is 5.56 Å². The molecule has 116 valence electrons. The van der Waals surface area contributed by atoms with Gasteiger partial charge in [-0.2, -0.15) is 11.3 Å². The van der Waals surface area contributed by atoms with Crippen LogP contribution in [0.3, 0.4) is 0 Å². The van der Waals surface area contributed by atoms with E-state index in [9.17, 15) is 4.79 Å². The molecule has 5 nitrogen and oxygen atoms in total. The Morgan fingerprint density at radius 3 is 2.86 bits per heavy atom. The third-order valence-electron chi connectivity index (χ3n) is 4.27. The number of hydrogen-bond donors (Lipinski definition) is 1. The van der Waals surface area contributed by atoms with E-state index in [1.54, 1.807) is 11.3 Å². The van der Waals surface area contributed by atoms with E-state index in [0.29, 0.717) is 39.1 Å². The second-order valence-electron chi connectivity index (χ2n) is 5.97. The van der Waals surface area contributed by atoms with Crippen LogP contribution >= 0.6 is 11.3 Å². The van der Waals surface area contributed by atoms with Crippen LogP contribution in [0, 0.1) is 0 Å². The molecule has 0 aromatic carbocycles. The van der Waals surface area contributed by atoms with Gasteiger partial charge in [0.05, 0.1) is 18.2 Å². The topological polar surface area (TPSA) is 64.8 Å². The molecule has 0 bridgehead atoms. The van der Waals surface area contributed by atoms with Crippen molar-refractivity contribution in [2.24, 2.45) is 5.73 Å². The highest BCUT2D eigenvalue weighted by Gasteiger charge is 2.41. The van der Waals surface area contributed by atoms with Gasteiger partial charge < -0.3 is 20.1 Å². The van der Waals surface area contributed by atoms with Gasteiger partial charge in [-0.25, -0.2) is 0 Å². The molecular formula is C15H22N2O3S. The molecule has 2 fully saturated rings. The summed E-state index contributed by atoms with van der Waals surface area (Å²) in [6, 6.07) is 2.06. The number of nitrogens with zero attached hydrogens (tertiary/aromatic N) is 1. The molecule has 2 N–H and O–H groups in total. The summed E-state index contributed by atoms with van der Waals surface area (Å²) in [6.07, 6.45) is 1.17. The first-order chi connectivity index (χ1) is 10.1. The highest BCUT2D eigenvalue weighted by Crippen LogP contribution is 2.29. The summed E-state index contributed by atoms with van der Waals surface area (Å²) in [7, 11) is 0. The molecule has 2 aliphatic rings. The predicted octanol–water partition coefficient (Wildman–Crippen LogP) is 1.54. The average Bonchev–Trinajstić information content (AvgIpc) is 3.01. The maximum absolute atomic E-state index is 12.8. The molecule has 2 saturated heterocycles. The van der Waals surface area contributed by atoms with Crippen LogP contribution in [-0.4, -0.2) is 48.8 Å². The monoisotopic (exact) mass is 310 g/mol. The smallest absolute Gasteiger partial charge is 0.243 e. The lowest BCUT2D eigenvalue weighted by Gasteiger charge is -2.42. The van der Waals surface area contributed by atoms with E-state index in [4.69, 9.17) is 15.2 Å². The van der Waals surface area contributed by atoms with Gasteiger partial charge in [0.15, 0.2) is 0 Å². The van der Waals surface area contributed by atoms with Crippen LogP contribution in [0.5, 0.6) is 0 Å². The van der Waals surface area contributed by atoms with Crippen LogP contribution in [0.2, 0.25) is 0 Å². The zero-order chi connectivity index (χ0) is 14.9. The lowest BCUT2D eigenvalue weighted by molar-refractivity contribution is -0.153. The van der Waals surface area contributed by atoms with Gasteiger partial charge in [-0.3, -0.25) is 4.79 Å². The van der Waals surface area contributed by atoms with E-state index < -0.39 is 5.54 Å². The lowest BCUT2D eigenvalue weighted by atomic mass is 9.89. The first-order valence-electron chi connectivity index (χ1n) is 7.42. The summed E-state index contributed by atoms with van der Waals surface area (Å²) in [5.41, 5.74) is 6.70. The fraction of sp³-hybridized carbons (Fsp3) is 0.667. The standard InChI is InChI=1S/C15H22N2O3S/c1-11-8-17(9-13(20-11)12-2-7-21-10-12)14(18)15(16)3-5-19-6-4-15/h2,7,10-11,13H,3-6,8-9,16H2,1H3. The van der Waals surface area contributed by atoms with Gasteiger partial charge in [0, 0.05) is 19.8 Å². The van der Waals surface area contributed by atoms with Gasteiger partial charge in [0.2, 0.25) is 5.91 Å². The van der Waals surface area contributed by atoms with Crippen molar-refractivity contribution >= 4 is 17.2 Å². The third kappa shape index (κ3) is 3.13. The normalized spacial score (nSPS) is 29.3. The second kappa shape index (κ2) is 6.04. The lowest BCUT2D eigenvalue weighted by Crippen LogP contribution is -2.60. The van der Waals surface area contributed by atoms with Crippen LogP contribution in [0.4, 0.5) is 0 Å². The minimum absolute atomic E-state index is 0.0241. The van der Waals surface area contributed by atoms with Crippen molar-refractivity contribution in [3.8, 4) is 0 Å². The largest absolute Gasteiger partial charge is 0.381 e. The van der Waals surface area contributed by atoms with Gasteiger partial charge in [-0.1, -0.05) is 0 Å². The number of ether oxygens (including phenoxy) is 2. The summed E-state index contributed by atoms with van der Waals surface area (Å²) in [4.78, 5) is 14.7. The molecule has 1 aromatic rings. The van der Waals surface area contributed by atoms with Crippen molar-refractivity contribution < 1.29 is 14.3 Å². The summed E-state index contributed by atoms with van der Waals surface area (Å²) < 4.78 is 11.3. The Morgan fingerprint density at radius 1 is 1.43 bits per heavy atom. The Kier molecular flexibility index (Phi) is 4.31. The van der Waals surface area contributed by atoms with Gasteiger partial charge in [0.1, 0.15) is 6.10 Å². The van der Waals surface area contributed by atoms with Crippen LogP contribution in [0.15, 0.2) is 16.8 Å². The average molecular weight is 310 g/mol. The van der Waals surface area contributed by atoms with Crippen molar-refractivity contribution in [1.29, 1.82) is 0 Å². The summed E-state index contributed by atoms with van der Waals surface area (Å²) in [6.45, 7) is 4.33. The molecule has 0 aliphatic carbocycles. The highest BCUT2D eigenvalue weighted by atomic mass is 32.1. The van der Waals surface area contributed by atoms with Gasteiger partial charge in [-0.05, 0) is 42.2 Å². The molecule has 21 heavy (non-hydrogen) atoms. The molecule has 2 aliphatic heterocycles. The molecule has 0 saturated carbocycles. The first kappa shape index (κ1) is 15.0. The van der Waals surface area contributed by atoms with Gasteiger partial charge >= 0.3 is 0 Å². The summed E-state index contributed by atoms with van der Waals surface area (Å²) in [5.74, 6) is 0.0428. The van der Waals surface area contributed by atoms with Gasteiger partial charge in [0.25, 0.3) is 0 Å². The number of morpholine rings is 1. The zero-order valence-electron chi connectivity index (χ0n) is 12.3. The molecule has 6 heteroatoms. The number of hydrogen-bond acceptors (Lipinski definition) is 5. The number of nitrogens with two attached hydrogens (primary N) is 1. The molecular weight excluding hydrogens is 288 g/mol. The molecule has 2 atom stereocenters. The Bertz CT molecular complexity index is 485. The molecule has 0 spiro atoms. The molecule has 0 radical (unpaired) electrons. The Morgan fingerprint density at radius 2 is 2.19 bits per heavy atom. The second-order valence-corrected chi connectivity index (χ2v) is 6.75. The fourth-order valence-corrected chi connectivity index (χ4v) is 3.73. The van der Waals surface area contributed by atoms with Crippen LogP contribution in [0.25, 0.3) is 0 Å². The minimum atomic E-state index is -0.769. The third-order valence-corrected chi connectivity index (χ3v) is 4.97. The van der Waals surface area contributed by atoms with E-state index in [2.05, 4.69) is 11.4 Å². The van der Waals surface area contributed by atoms with Gasteiger partial charge in [-0.15, -0.1) is 0 Å². The minimum Gasteiger partial charge on any atom is -0.381 e.